The summed E-state index contributed by atoms with van der Waals surface area (Å²) in [4.78, 5) is 3.64. The first-order valence-corrected chi connectivity index (χ1v) is 8.29. The number of sulfonamides is 1. The van der Waals surface area contributed by atoms with Gasteiger partial charge in [0.2, 0.25) is 0 Å². The molecule has 1 aromatic heterocycles. The van der Waals surface area contributed by atoms with Crippen molar-refractivity contribution in [1.29, 1.82) is 0 Å². The van der Waals surface area contributed by atoms with Crippen molar-refractivity contribution in [2.75, 3.05) is 4.72 Å². The van der Waals surface area contributed by atoms with Gasteiger partial charge in [-0.2, -0.15) is 13.2 Å². The lowest BCUT2D eigenvalue weighted by atomic mass is 10.2. The van der Waals surface area contributed by atoms with Crippen LogP contribution in [0.2, 0.25) is 0 Å². The molecule has 0 amide bonds. The summed E-state index contributed by atoms with van der Waals surface area (Å²) in [7, 11) is -4.15. The number of aromatic nitrogens is 1. The molecule has 0 saturated heterocycles. The smallest absolute Gasteiger partial charge is 0.278 e. The van der Waals surface area contributed by atoms with Crippen LogP contribution in [0.25, 0.3) is 10.9 Å². The van der Waals surface area contributed by atoms with Gasteiger partial charge in [0.15, 0.2) is 0 Å². The maximum Gasteiger partial charge on any atom is 0.416 e. The number of halogens is 3. The predicted octanol–water partition coefficient (Wildman–Crippen LogP) is 4.05. The number of benzene rings is 2. The molecule has 0 spiro atoms. The van der Waals surface area contributed by atoms with Gasteiger partial charge in [0.05, 0.1) is 27.9 Å². The number of para-hydroxylation sites is 1. The van der Waals surface area contributed by atoms with Crippen molar-refractivity contribution in [2.24, 2.45) is 0 Å². The minimum atomic E-state index is -4.62. The number of nitrogens with zero attached hydrogens (tertiary/aromatic N) is 1. The molecule has 124 valence electrons. The third-order valence-electron chi connectivity index (χ3n) is 3.31. The van der Waals surface area contributed by atoms with E-state index in [0.29, 0.717) is 17.0 Å². The molecular weight excluding hydrogens is 341 g/mol. The van der Waals surface area contributed by atoms with Crippen LogP contribution in [0.5, 0.6) is 0 Å². The number of rotatable bonds is 3. The SMILES string of the molecule is O=S(=O)(Nc1cnc2ccccc2c1)c1cccc(C(F)(F)F)c1. The van der Waals surface area contributed by atoms with Crippen molar-refractivity contribution in [3.8, 4) is 0 Å². The molecule has 8 heteroatoms. The van der Waals surface area contributed by atoms with Gasteiger partial charge < -0.3 is 0 Å². The van der Waals surface area contributed by atoms with Crippen LogP contribution in [0, 0.1) is 0 Å². The van der Waals surface area contributed by atoms with Crippen LogP contribution in [0.15, 0.2) is 65.7 Å². The highest BCUT2D eigenvalue weighted by molar-refractivity contribution is 7.92. The molecule has 0 aliphatic carbocycles. The van der Waals surface area contributed by atoms with Crippen molar-refractivity contribution < 1.29 is 21.6 Å². The summed E-state index contributed by atoms with van der Waals surface area (Å²) < 4.78 is 65.1. The summed E-state index contributed by atoms with van der Waals surface area (Å²) in [5, 5.41) is 0.710. The summed E-state index contributed by atoms with van der Waals surface area (Å²) >= 11 is 0. The quantitative estimate of drug-likeness (QED) is 0.773. The Kier molecular flexibility index (Phi) is 3.92. The van der Waals surface area contributed by atoms with Gasteiger partial charge in [0.1, 0.15) is 0 Å². The monoisotopic (exact) mass is 352 g/mol. The molecule has 0 unspecified atom stereocenters. The van der Waals surface area contributed by atoms with Gasteiger partial charge in [0.25, 0.3) is 10.0 Å². The number of fused-ring (bicyclic) bond motifs is 1. The summed E-state index contributed by atoms with van der Waals surface area (Å²) in [6.07, 6.45) is -3.30. The summed E-state index contributed by atoms with van der Waals surface area (Å²) in [6, 6.07) is 12.2. The highest BCUT2D eigenvalue weighted by Crippen LogP contribution is 2.31. The Morgan fingerprint density at radius 2 is 1.71 bits per heavy atom. The third kappa shape index (κ3) is 3.33. The van der Waals surface area contributed by atoms with Crippen molar-refractivity contribution in [2.45, 2.75) is 11.1 Å². The topological polar surface area (TPSA) is 59.1 Å². The van der Waals surface area contributed by atoms with Crippen molar-refractivity contribution >= 4 is 26.6 Å². The Morgan fingerprint density at radius 3 is 2.46 bits per heavy atom. The van der Waals surface area contributed by atoms with Crippen LogP contribution in [0.3, 0.4) is 0 Å². The Morgan fingerprint density at radius 1 is 0.958 bits per heavy atom. The van der Waals surface area contributed by atoms with E-state index in [2.05, 4.69) is 9.71 Å². The molecule has 0 fully saturated rings. The van der Waals surface area contributed by atoms with Crippen molar-refractivity contribution in [1.82, 2.24) is 4.98 Å². The normalized spacial score (nSPS) is 12.3. The zero-order valence-electron chi connectivity index (χ0n) is 12.1. The number of pyridine rings is 1. The van der Waals surface area contributed by atoms with Crippen molar-refractivity contribution in [3.05, 3.63) is 66.4 Å². The van der Waals surface area contributed by atoms with Gasteiger partial charge in [-0.1, -0.05) is 24.3 Å². The second-order valence-electron chi connectivity index (χ2n) is 5.05. The molecule has 3 aromatic rings. The number of alkyl halides is 3. The first kappa shape index (κ1) is 16.3. The highest BCUT2D eigenvalue weighted by Gasteiger charge is 2.31. The molecule has 3 rings (SSSR count). The van der Waals surface area contributed by atoms with Gasteiger partial charge in [-0.3, -0.25) is 9.71 Å². The average Bonchev–Trinajstić information content (AvgIpc) is 2.54. The number of hydrogen-bond donors (Lipinski definition) is 1. The zero-order chi connectivity index (χ0) is 17.4. The Balaban J connectivity index is 1.95. The predicted molar refractivity (Wildman–Crippen MR) is 84.0 cm³/mol. The summed E-state index contributed by atoms with van der Waals surface area (Å²) in [5.41, 5.74) is -0.173. The van der Waals surface area contributed by atoms with E-state index in [0.717, 1.165) is 18.2 Å². The van der Waals surface area contributed by atoms with Crippen molar-refractivity contribution in [3.63, 3.8) is 0 Å². The van der Waals surface area contributed by atoms with Crippen LogP contribution in [-0.2, 0) is 16.2 Å². The minimum Gasteiger partial charge on any atom is -0.278 e. The maximum absolute atomic E-state index is 12.7. The average molecular weight is 352 g/mol. The Hall–Kier alpha value is -2.61. The molecule has 2 aromatic carbocycles. The van der Waals surface area contributed by atoms with E-state index in [9.17, 15) is 21.6 Å². The fourth-order valence-corrected chi connectivity index (χ4v) is 3.26. The van der Waals surface area contributed by atoms with E-state index in [4.69, 9.17) is 0 Å². The molecule has 0 saturated carbocycles. The largest absolute Gasteiger partial charge is 0.416 e. The molecule has 1 heterocycles. The zero-order valence-corrected chi connectivity index (χ0v) is 12.9. The van der Waals surface area contributed by atoms with E-state index >= 15 is 0 Å². The number of nitrogens with one attached hydrogen (secondary N) is 1. The third-order valence-corrected chi connectivity index (χ3v) is 4.69. The molecule has 4 nitrogen and oxygen atoms in total. The van der Waals surface area contributed by atoms with Crippen LogP contribution >= 0.6 is 0 Å². The Labute approximate surface area is 136 Å². The molecule has 0 bridgehead atoms. The summed E-state index contributed by atoms with van der Waals surface area (Å²) in [5.74, 6) is 0. The van der Waals surface area contributed by atoms with Crippen LogP contribution in [0.1, 0.15) is 5.56 Å². The summed E-state index contributed by atoms with van der Waals surface area (Å²) in [6.45, 7) is 0. The first-order chi connectivity index (χ1) is 11.3. The molecule has 0 atom stereocenters. The van der Waals surface area contributed by atoms with E-state index in [-0.39, 0.29) is 5.69 Å². The van der Waals surface area contributed by atoms with E-state index in [1.165, 1.54) is 6.20 Å². The second kappa shape index (κ2) is 5.79. The fraction of sp³-hybridized carbons (Fsp3) is 0.0625. The van der Waals surface area contributed by atoms with E-state index in [1.807, 2.05) is 0 Å². The lowest BCUT2D eigenvalue weighted by Crippen LogP contribution is -2.14. The molecule has 24 heavy (non-hydrogen) atoms. The molecule has 0 radical (unpaired) electrons. The molecule has 0 aliphatic rings. The Bertz CT molecular complexity index is 1000. The molecule has 0 aliphatic heterocycles. The van der Waals surface area contributed by atoms with Gasteiger partial charge >= 0.3 is 6.18 Å². The van der Waals surface area contributed by atoms with Gasteiger partial charge in [-0.05, 0) is 30.3 Å². The number of hydrogen-bond acceptors (Lipinski definition) is 3. The first-order valence-electron chi connectivity index (χ1n) is 6.81. The van der Waals surface area contributed by atoms with Crippen LogP contribution in [-0.4, -0.2) is 13.4 Å². The molecular formula is C16H11F3N2O2S. The van der Waals surface area contributed by atoms with Crippen LogP contribution in [0.4, 0.5) is 18.9 Å². The fourth-order valence-electron chi connectivity index (χ4n) is 2.18. The maximum atomic E-state index is 12.7. The minimum absolute atomic E-state index is 0.172. The standard InChI is InChI=1S/C16H11F3N2O2S/c17-16(18,19)12-5-3-6-14(9-12)24(22,23)21-13-8-11-4-1-2-7-15(11)20-10-13/h1-10,21H. The molecule has 1 N–H and O–H groups in total. The van der Waals surface area contributed by atoms with E-state index < -0.39 is 26.7 Å². The van der Waals surface area contributed by atoms with E-state index in [1.54, 1.807) is 30.3 Å². The van der Waals surface area contributed by atoms with Gasteiger partial charge in [-0.15, -0.1) is 0 Å². The van der Waals surface area contributed by atoms with Gasteiger partial charge in [-0.25, -0.2) is 8.42 Å². The highest BCUT2D eigenvalue weighted by atomic mass is 32.2. The van der Waals surface area contributed by atoms with Crippen LogP contribution < -0.4 is 4.72 Å². The lowest BCUT2D eigenvalue weighted by molar-refractivity contribution is -0.137. The number of anilines is 1. The second-order valence-corrected chi connectivity index (χ2v) is 6.73. The lowest BCUT2D eigenvalue weighted by Gasteiger charge is -2.11. The van der Waals surface area contributed by atoms with Gasteiger partial charge in [0, 0.05) is 5.39 Å².